The maximum atomic E-state index is 12.3. The average molecular weight is 329 g/mol. The molecular weight excluding hydrogens is 320 g/mol. The van der Waals surface area contributed by atoms with Crippen molar-refractivity contribution in [1.82, 2.24) is 10.2 Å². The SMILES string of the molecule is Cc1cc(Cl)c([N+](=O)[O-])cc1S(=O)(=O)Nc1cccnn1. The van der Waals surface area contributed by atoms with Crippen molar-refractivity contribution in [3.05, 3.63) is 51.2 Å². The number of benzene rings is 1. The summed E-state index contributed by atoms with van der Waals surface area (Å²) in [5.74, 6) is 0.00880. The highest BCUT2D eigenvalue weighted by Crippen LogP contribution is 2.30. The normalized spacial score (nSPS) is 11.1. The molecule has 0 saturated heterocycles. The third-order valence-corrected chi connectivity index (χ3v) is 4.34. The van der Waals surface area contributed by atoms with Gasteiger partial charge < -0.3 is 0 Å². The fourth-order valence-electron chi connectivity index (χ4n) is 1.62. The molecule has 1 heterocycles. The number of hydrogen-bond acceptors (Lipinski definition) is 6. The summed E-state index contributed by atoms with van der Waals surface area (Å²) in [6, 6.07) is 5.05. The second-order valence-corrected chi connectivity index (χ2v) is 6.10. The van der Waals surface area contributed by atoms with Crippen molar-refractivity contribution in [3.63, 3.8) is 0 Å². The van der Waals surface area contributed by atoms with E-state index >= 15 is 0 Å². The molecule has 0 aliphatic heterocycles. The Morgan fingerprint density at radius 2 is 2.10 bits per heavy atom. The van der Waals surface area contributed by atoms with Crippen molar-refractivity contribution >= 4 is 33.1 Å². The van der Waals surface area contributed by atoms with Crippen LogP contribution in [0.15, 0.2) is 35.4 Å². The van der Waals surface area contributed by atoms with Crippen LogP contribution < -0.4 is 4.72 Å². The first-order valence-electron chi connectivity index (χ1n) is 5.56. The van der Waals surface area contributed by atoms with Gasteiger partial charge in [-0.3, -0.25) is 14.8 Å². The number of aromatic nitrogens is 2. The molecule has 0 aliphatic rings. The molecule has 2 aromatic rings. The topological polar surface area (TPSA) is 115 Å². The van der Waals surface area contributed by atoms with Gasteiger partial charge in [-0.05, 0) is 30.7 Å². The summed E-state index contributed by atoms with van der Waals surface area (Å²) in [7, 11) is -4.03. The van der Waals surface area contributed by atoms with Gasteiger partial charge in [0.2, 0.25) is 0 Å². The number of rotatable bonds is 4. The highest BCUT2D eigenvalue weighted by atomic mass is 35.5. The van der Waals surface area contributed by atoms with Gasteiger partial charge in [0.25, 0.3) is 15.7 Å². The molecule has 0 bridgehead atoms. The maximum Gasteiger partial charge on any atom is 0.289 e. The van der Waals surface area contributed by atoms with Gasteiger partial charge in [-0.2, -0.15) is 5.10 Å². The zero-order valence-corrected chi connectivity index (χ0v) is 12.2. The molecule has 0 fully saturated rings. The van der Waals surface area contributed by atoms with E-state index in [-0.39, 0.29) is 21.3 Å². The summed E-state index contributed by atoms with van der Waals surface area (Å²) >= 11 is 5.73. The molecule has 8 nitrogen and oxygen atoms in total. The van der Waals surface area contributed by atoms with Gasteiger partial charge in [0, 0.05) is 12.3 Å². The van der Waals surface area contributed by atoms with Gasteiger partial charge in [-0.15, -0.1) is 5.10 Å². The fourth-order valence-corrected chi connectivity index (χ4v) is 3.15. The van der Waals surface area contributed by atoms with Gasteiger partial charge >= 0.3 is 0 Å². The monoisotopic (exact) mass is 328 g/mol. The molecule has 2 rings (SSSR count). The third kappa shape index (κ3) is 3.26. The minimum atomic E-state index is -4.03. The predicted molar refractivity (Wildman–Crippen MR) is 75.7 cm³/mol. The van der Waals surface area contributed by atoms with Crippen molar-refractivity contribution in [3.8, 4) is 0 Å². The lowest BCUT2D eigenvalue weighted by Gasteiger charge is -2.09. The van der Waals surface area contributed by atoms with E-state index in [4.69, 9.17) is 11.6 Å². The number of halogens is 1. The number of sulfonamides is 1. The zero-order chi connectivity index (χ0) is 15.6. The number of nitro benzene ring substituents is 1. The number of hydrogen-bond donors (Lipinski definition) is 1. The van der Waals surface area contributed by atoms with Gasteiger partial charge in [-0.25, -0.2) is 8.42 Å². The second-order valence-electron chi connectivity index (χ2n) is 4.04. The molecule has 0 aliphatic carbocycles. The van der Waals surface area contributed by atoms with Crippen LogP contribution in [-0.2, 0) is 10.0 Å². The molecule has 0 saturated carbocycles. The largest absolute Gasteiger partial charge is 0.289 e. The highest BCUT2D eigenvalue weighted by Gasteiger charge is 2.23. The van der Waals surface area contributed by atoms with Gasteiger partial charge in [-0.1, -0.05) is 11.6 Å². The van der Waals surface area contributed by atoms with Crippen molar-refractivity contribution < 1.29 is 13.3 Å². The van der Waals surface area contributed by atoms with E-state index in [1.54, 1.807) is 0 Å². The molecule has 110 valence electrons. The Kier molecular flexibility index (Phi) is 4.05. The third-order valence-electron chi connectivity index (χ3n) is 2.54. The summed E-state index contributed by atoms with van der Waals surface area (Å²) in [5, 5.41) is 17.9. The molecule has 21 heavy (non-hydrogen) atoms. The van der Waals surface area contributed by atoms with Crippen molar-refractivity contribution in [2.24, 2.45) is 0 Å². The highest BCUT2D eigenvalue weighted by molar-refractivity contribution is 7.92. The van der Waals surface area contributed by atoms with Crippen molar-refractivity contribution in [2.75, 3.05) is 4.72 Å². The summed E-state index contributed by atoms with van der Waals surface area (Å²) in [6.45, 7) is 1.49. The minimum absolute atomic E-state index is 0.00880. The van der Waals surface area contributed by atoms with Crippen LogP contribution >= 0.6 is 11.6 Å². The second kappa shape index (κ2) is 5.62. The van der Waals surface area contributed by atoms with Crippen molar-refractivity contribution in [1.29, 1.82) is 0 Å². The Bertz CT molecular complexity index is 795. The number of anilines is 1. The van der Waals surface area contributed by atoms with Crippen LogP contribution in [0.4, 0.5) is 11.5 Å². The molecule has 0 spiro atoms. The Hall–Kier alpha value is -2.26. The molecule has 1 N–H and O–H groups in total. The van der Waals surface area contributed by atoms with E-state index in [1.807, 2.05) is 0 Å². The van der Waals surface area contributed by atoms with E-state index in [0.29, 0.717) is 0 Å². The van der Waals surface area contributed by atoms with E-state index < -0.39 is 20.6 Å². The maximum absolute atomic E-state index is 12.3. The summed E-state index contributed by atoms with van der Waals surface area (Å²) in [5.41, 5.74) is -0.205. The summed E-state index contributed by atoms with van der Waals surface area (Å²) < 4.78 is 26.7. The Morgan fingerprint density at radius 1 is 1.38 bits per heavy atom. The Morgan fingerprint density at radius 3 is 2.67 bits per heavy atom. The van der Waals surface area contributed by atoms with Gasteiger partial charge in [0.15, 0.2) is 5.82 Å². The lowest BCUT2D eigenvalue weighted by atomic mass is 10.2. The number of nitro groups is 1. The van der Waals surface area contributed by atoms with Crippen molar-refractivity contribution in [2.45, 2.75) is 11.8 Å². The quantitative estimate of drug-likeness (QED) is 0.679. The lowest BCUT2D eigenvalue weighted by molar-refractivity contribution is -0.384. The number of nitrogens with zero attached hydrogens (tertiary/aromatic N) is 3. The first-order chi connectivity index (χ1) is 9.81. The van der Waals surface area contributed by atoms with Gasteiger partial charge in [0.1, 0.15) is 5.02 Å². The van der Waals surface area contributed by atoms with Crippen LogP contribution in [0.25, 0.3) is 0 Å². The van der Waals surface area contributed by atoms with E-state index in [2.05, 4.69) is 14.9 Å². The molecule has 0 unspecified atom stereocenters. The van der Waals surface area contributed by atoms with Crippen LogP contribution in [0.2, 0.25) is 5.02 Å². The first-order valence-corrected chi connectivity index (χ1v) is 7.42. The molecule has 10 heteroatoms. The van der Waals surface area contributed by atoms with E-state index in [1.165, 1.54) is 31.3 Å². The van der Waals surface area contributed by atoms with Crippen LogP contribution in [0.5, 0.6) is 0 Å². The molecule has 1 aromatic heterocycles. The summed E-state index contributed by atoms with van der Waals surface area (Å²) in [4.78, 5) is 9.86. The molecule has 0 radical (unpaired) electrons. The first kappa shape index (κ1) is 15.1. The molecule has 1 aromatic carbocycles. The van der Waals surface area contributed by atoms with E-state index in [0.717, 1.165) is 6.07 Å². The molecule has 0 amide bonds. The Balaban J connectivity index is 2.50. The minimum Gasteiger partial charge on any atom is -0.262 e. The number of aryl methyl sites for hydroxylation is 1. The predicted octanol–water partition coefficient (Wildman–Crippen LogP) is 2.15. The number of nitrogens with one attached hydrogen (secondary N) is 1. The van der Waals surface area contributed by atoms with Crippen LogP contribution in [0.1, 0.15) is 5.56 Å². The lowest BCUT2D eigenvalue weighted by Crippen LogP contribution is -2.15. The molecular formula is C11H9ClN4O4S. The fraction of sp³-hybridized carbons (Fsp3) is 0.0909. The standard InChI is InChI=1S/C11H9ClN4O4S/c1-7-5-8(12)9(16(17)18)6-10(7)21(19,20)15-11-3-2-4-13-14-11/h2-6H,1H3,(H,14,15). The average Bonchev–Trinajstić information content (AvgIpc) is 2.38. The van der Waals surface area contributed by atoms with E-state index in [9.17, 15) is 18.5 Å². The zero-order valence-electron chi connectivity index (χ0n) is 10.6. The van der Waals surface area contributed by atoms with Crippen LogP contribution in [0.3, 0.4) is 0 Å². The van der Waals surface area contributed by atoms with Crippen LogP contribution in [0, 0.1) is 17.0 Å². The molecule has 0 atom stereocenters. The van der Waals surface area contributed by atoms with Gasteiger partial charge in [0.05, 0.1) is 9.82 Å². The smallest absolute Gasteiger partial charge is 0.262 e. The van der Waals surface area contributed by atoms with Crippen LogP contribution in [-0.4, -0.2) is 23.5 Å². The summed E-state index contributed by atoms with van der Waals surface area (Å²) in [6.07, 6.45) is 1.39. The Labute approximate surface area is 125 Å².